The number of hydrogen-bond acceptors (Lipinski definition) is 3. The van der Waals surface area contributed by atoms with E-state index in [0.717, 1.165) is 12.1 Å². The van der Waals surface area contributed by atoms with Gasteiger partial charge in [0.1, 0.15) is 10.7 Å². The van der Waals surface area contributed by atoms with Crippen molar-refractivity contribution in [1.82, 2.24) is 4.31 Å². The zero-order chi connectivity index (χ0) is 14.9. The fraction of sp³-hybridized carbons (Fsp3) is 0.538. The minimum absolute atomic E-state index is 0.0176. The number of aliphatic hydroxyl groups is 1. The van der Waals surface area contributed by atoms with Crippen molar-refractivity contribution < 1.29 is 17.9 Å². The highest BCUT2D eigenvalue weighted by Crippen LogP contribution is 2.29. The summed E-state index contributed by atoms with van der Waals surface area (Å²) in [6.45, 7) is 2.33. The number of aliphatic hydroxyl groups excluding tert-OH is 1. The number of rotatable bonds is 3. The number of benzene rings is 1. The molecule has 1 N–H and O–H groups in total. The van der Waals surface area contributed by atoms with E-state index < -0.39 is 21.9 Å². The van der Waals surface area contributed by atoms with Crippen LogP contribution in [0.2, 0.25) is 5.02 Å². The van der Waals surface area contributed by atoms with Crippen molar-refractivity contribution >= 4 is 21.6 Å². The zero-order valence-corrected chi connectivity index (χ0v) is 12.7. The van der Waals surface area contributed by atoms with Crippen LogP contribution < -0.4 is 0 Å². The van der Waals surface area contributed by atoms with Gasteiger partial charge in [-0.3, -0.25) is 0 Å². The molecule has 0 amide bonds. The van der Waals surface area contributed by atoms with Crippen LogP contribution in [0.3, 0.4) is 0 Å². The van der Waals surface area contributed by atoms with Crippen LogP contribution in [0.15, 0.2) is 23.1 Å². The summed E-state index contributed by atoms with van der Waals surface area (Å²) in [4.78, 5) is -0.199. The van der Waals surface area contributed by atoms with Gasteiger partial charge in [-0.15, -0.1) is 0 Å². The highest BCUT2D eigenvalue weighted by Gasteiger charge is 2.32. The molecule has 1 atom stereocenters. The molecular weight excluding hydrogens is 305 g/mol. The summed E-state index contributed by atoms with van der Waals surface area (Å²) in [5.41, 5.74) is 0. The van der Waals surface area contributed by atoms with Gasteiger partial charge in [0.25, 0.3) is 0 Å². The second kappa shape index (κ2) is 5.97. The number of sulfonamides is 1. The first-order chi connectivity index (χ1) is 9.32. The van der Waals surface area contributed by atoms with Crippen LogP contribution in [0.25, 0.3) is 0 Å². The lowest BCUT2D eigenvalue weighted by molar-refractivity contribution is 0.0912. The molecule has 4 nitrogen and oxygen atoms in total. The molecule has 112 valence electrons. The van der Waals surface area contributed by atoms with Crippen LogP contribution in [-0.2, 0) is 10.0 Å². The standard InChI is InChI=1S/C13H17ClFNO3S/c1-9(17)10-4-6-16(7-5-10)20(18,19)13-8-11(15)2-3-12(13)14/h2-3,8-10,17H,4-7H2,1H3. The topological polar surface area (TPSA) is 57.6 Å². The van der Waals surface area contributed by atoms with Crippen LogP contribution >= 0.6 is 11.6 Å². The number of piperidine rings is 1. The molecule has 1 aliphatic rings. The summed E-state index contributed by atoms with van der Waals surface area (Å²) in [5, 5.41) is 9.54. The lowest BCUT2D eigenvalue weighted by atomic mass is 9.93. The summed E-state index contributed by atoms with van der Waals surface area (Å²) in [7, 11) is -3.78. The Kier molecular flexibility index (Phi) is 4.69. The van der Waals surface area contributed by atoms with Crippen molar-refractivity contribution in [3.05, 3.63) is 29.0 Å². The van der Waals surface area contributed by atoms with Crippen LogP contribution in [-0.4, -0.2) is 37.0 Å². The minimum Gasteiger partial charge on any atom is -0.393 e. The SMILES string of the molecule is CC(O)C1CCN(S(=O)(=O)c2cc(F)ccc2Cl)CC1. The average Bonchev–Trinajstić information content (AvgIpc) is 2.41. The van der Waals surface area contributed by atoms with Gasteiger partial charge in [0.05, 0.1) is 11.1 Å². The van der Waals surface area contributed by atoms with Gasteiger partial charge in [-0.25, -0.2) is 12.8 Å². The van der Waals surface area contributed by atoms with Gasteiger partial charge >= 0.3 is 0 Å². The Morgan fingerprint density at radius 1 is 1.40 bits per heavy atom. The molecule has 1 unspecified atom stereocenters. The van der Waals surface area contributed by atoms with Gasteiger partial charge in [-0.1, -0.05) is 11.6 Å². The van der Waals surface area contributed by atoms with E-state index in [-0.39, 0.29) is 15.8 Å². The van der Waals surface area contributed by atoms with Crippen molar-refractivity contribution in [3.63, 3.8) is 0 Å². The Balaban J connectivity index is 2.22. The fourth-order valence-corrected chi connectivity index (χ4v) is 4.37. The van der Waals surface area contributed by atoms with Gasteiger partial charge in [0, 0.05) is 13.1 Å². The maximum absolute atomic E-state index is 13.2. The van der Waals surface area contributed by atoms with Gasteiger partial charge < -0.3 is 5.11 Å². The molecule has 0 aliphatic carbocycles. The van der Waals surface area contributed by atoms with E-state index in [1.165, 1.54) is 10.4 Å². The zero-order valence-electron chi connectivity index (χ0n) is 11.1. The van der Waals surface area contributed by atoms with Crippen molar-refractivity contribution in [2.45, 2.75) is 30.8 Å². The molecule has 0 aromatic heterocycles. The van der Waals surface area contributed by atoms with E-state index >= 15 is 0 Å². The number of hydrogen-bond donors (Lipinski definition) is 1. The van der Waals surface area contributed by atoms with Crippen molar-refractivity contribution in [2.24, 2.45) is 5.92 Å². The van der Waals surface area contributed by atoms with E-state index in [9.17, 15) is 17.9 Å². The summed E-state index contributed by atoms with van der Waals surface area (Å²) < 4.78 is 39.4. The third-order valence-corrected chi connectivity index (χ3v) is 6.07. The first kappa shape index (κ1) is 15.7. The summed E-state index contributed by atoms with van der Waals surface area (Å²) >= 11 is 5.87. The molecule has 0 spiro atoms. The minimum atomic E-state index is -3.78. The molecule has 1 aliphatic heterocycles. The predicted molar refractivity (Wildman–Crippen MR) is 74.6 cm³/mol. The first-order valence-corrected chi connectivity index (χ1v) is 8.27. The van der Waals surface area contributed by atoms with Crippen molar-refractivity contribution in [2.75, 3.05) is 13.1 Å². The highest BCUT2D eigenvalue weighted by molar-refractivity contribution is 7.89. The lowest BCUT2D eigenvalue weighted by Crippen LogP contribution is -2.40. The second-order valence-electron chi connectivity index (χ2n) is 5.06. The molecule has 1 saturated heterocycles. The van der Waals surface area contributed by atoms with Gasteiger partial charge in [0.2, 0.25) is 10.0 Å². The molecule has 0 saturated carbocycles. The van der Waals surface area contributed by atoms with E-state index in [1.807, 2.05) is 0 Å². The molecule has 20 heavy (non-hydrogen) atoms. The molecule has 1 fully saturated rings. The Labute approximate surface area is 123 Å². The van der Waals surface area contributed by atoms with Crippen molar-refractivity contribution in [1.29, 1.82) is 0 Å². The molecule has 1 aromatic carbocycles. The second-order valence-corrected chi connectivity index (χ2v) is 7.37. The Hall–Kier alpha value is -0.690. The largest absolute Gasteiger partial charge is 0.393 e. The highest BCUT2D eigenvalue weighted by atomic mass is 35.5. The summed E-state index contributed by atoms with van der Waals surface area (Å²) in [6, 6.07) is 3.31. The summed E-state index contributed by atoms with van der Waals surface area (Å²) in [5.74, 6) is -0.531. The molecule has 2 rings (SSSR count). The quantitative estimate of drug-likeness (QED) is 0.929. The Morgan fingerprint density at radius 2 is 2.00 bits per heavy atom. The van der Waals surface area contributed by atoms with Crippen LogP contribution in [0, 0.1) is 11.7 Å². The monoisotopic (exact) mass is 321 g/mol. The molecular formula is C13H17ClFNO3S. The number of nitrogens with zero attached hydrogens (tertiary/aromatic N) is 1. The Bertz CT molecular complexity index is 583. The van der Waals surface area contributed by atoms with Crippen LogP contribution in [0.5, 0.6) is 0 Å². The molecule has 0 radical (unpaired) electrons. The predicted octanol–water partition coefficient (Wildman–Crippen LogP) is 2.26. The van der Waals surface area contributed by atoms with Gasteiger partial charge in [0.15, 0.2) is 0 Å². The molecule has 1 heterocycles. The third kappa shape index (κ3) is 3.14. The molecule has 1 aromatic rings. The first-order valence-electron chi connectivity index (χ1n) is 6.45. The normalized spacial score (nSPS) is 20.0. The molecule has 0 bridgehead atoms. The maximum atomic E-state index is 13.2. The summed E-state index contributed by atoms with van der Waals surface area (Å²) in [6.07, 6.45) is 0.728. The van der Waals surface area contributed by atoms with E-state index in [4.69, 9.17) is 11.6 Å². The molecule has 7 heteroatoms. The maximum Gasteiger partial charge on any atom is 0.244 e. The van der Waals surface area contributed by atoms with E-state index in [1.54, 1.807) is 6.92 Å². The average molecular weight is 322 g/mol. The van der Waals surface area contributed by atoms with Crippen LogP contribution in [0.4, 0.5) is 4.39 Å². The lowest BCUT2D eigenvalue weighted by Gasteiger charge is -2.32. The van der Waals surface area contributed by atoms with Crippen molar-refractivity contribution in [3.8, 4) is 0 Å². The van der Waals surface area contributed by atoms with Gasteiger partial charge in [-0.05, 0) is 43.9 Å². The number of halogens is 2. The van der Waals surface area contributed by atoms with E-state index in [0.29, 0.717) is 25.9 Å². The van der Waals surface area contributed by atoms with Gasteiger partial charge in [-0.2, -0.15) is 4.31 Å². The van der Waals surface area contributed by atoms with Crippen LogP contribution in [0.1, 0.15) is 19.8 Å². The smallest absolute Gasteiger partial charge is 0.244 e. The third-order valence-electron chi connectivity index (χ3n) is 3.69. The Morgan fingerprint density at radius 3 is 2.55 bits per heavy atom. The van der Waals surface area contributed by atoms with E-state index in [2.05, 4.69) is 0 Å². The fourth-order valence-electron chi connectivity index (χ4n) is 2.41.